The molecule has 1 amide bonds. The molecule has 10 heteroatoms. The molecule has 9 nitrogen and oxygen atoms in total. The average Bonchev–Trinajstić information content (AvgIpc) is 3.15. The Labute approximate surface area is 330 Å². The minimum Gasteiger partial charge on any atom is -0.393 e. The van der Waals surface area contributed by atoms with Crippen LogP contribution in [0.25, 0.3) is 0 Å². The molecule has 4 atom stereocenters. The molecule has 314 valence electrons. The van der Waals surface area contributed by atoms with E-state index in [0.29, 0.717) is 12.8 Å². The van der Waals surface area contributed by atoms with Crippen LogP contribution in [0.1, 0.15) is 174 Å². The average molecular weight is 781 g/mol. The summed E-state index contributed by atoms with van der Waals surface area (Å²) in [7, 11) is -4.42. The number of hydrogen-bond donors (Lipinski definition) is 5. The van der Waals surface area contributed by atoms with Gasteiger partial charge in [-0.15, -0.1) is 0 Å². The zero-order valence-electron chi connectivity index (χ0n) is 34.3. The molecule has 0 heterocycles. The lowest BCUT2D eigenvalue weighted by Gasteiger charge is -2.24. The fraction of sp³-hybridized carbons (Fsp3) is 0.750. The van der Waals surface area contributed by atoms with E-state index in [-0.39, 0.29) is 19.6 Å². The molecular weight excluding hydrogens is 699 g/mol. The first-order chi connectivity index (χ1) is 26.3. The summed E-state index contributed by atoms with van der Waals surface area (Å²) in [5.41, 5.74) is 5.35. The topological polar surface area (TPSA) is 151 Å². The predicted molar refractivity (Wildman–Crippen MR) is 227 cm³/mol. The molecular formula is C44H81N2O7P. The van der Waals surface area contributed by atoms with Crippen molar-refractivity contribution in [2.45, 2.75) is 193 Å². The second kappa shape index (κ2) is 39.4. The fourth-order valence-corrected chi connectivity index (χ4v) is 6.58. The molecule has 54 heavy (non-hydrogen) atoms. The Balaban J connectivity index is 4.46. The van der Waals surface area contributed by atoms with Crippen molar-refractivity contribution in [1.29, 1.82) is 0 Å². The lowest BCUT2D eigenvalue weighted by molar-refractivity contribution is -0.124. The maximum atomic E-state index is 12.8. The fourth-order valence-electron chi connectivity index (χ4n) is 5.82. The predicted octanol–water partition coefficient (Wildman–Crippen LogP) is 10.9. The Morgan fingerprint density at radius 3 is 1.69 bits per heavy atom. The number of nitrogens with one attached hydrogen (secondary N) is 1. The Kier molecular flexibility index (Phi) is 38.1. The van der Waals surface area contributed by atoms with Crippen LogP contribution in [0, 0.1) is 0 Å². The van der Waals surface area contributed by atoms with Gasteiger partial charge in [0.2, 0.25) is 5.91 Å². The van der Waals surface area contributed by atoms with Crippen LogP contribution in [0.2, 0.25) is 0 Å². The smallest absolute Gasteiger partial charge is 0.393 e. The van der Waals surface area contributed by atoms with Crippen molar-refractivity contribution < 1.29 is 33.5 Å². The van der Waals surface area contributed by atoms with Gasteiger partial charge in [-0.2, -0.15) is 0 Å². The third-order valence-corrected chi connectivity index (χ3v) is 10.1. The van der Waals surface area contributed by atoms with Crippen molar-refractivity contribution >= 4 is 13.7 Å². The van der Waals surface area contributed by atoms with Crippen LogP contribution in [0.4, 0.5) is 0 Å². The molecule has 0 radical (unpaired) electrons. The summed E-state index contributed by atoms with van der Waals surface area (Å²) in [4.78, 5) is 22.7. The van der Waals surface area contributed by atoms with E-state index < -0.39 is 38.6 Å². The van der Waals surface area contributed by atoms with Crippen LogP contribution in [-0.2, 0) is 18.4 Å². The van der Waals surface area contributed by atoms with E-state index >= 15 is 0 Å². The lowest BCUT2D eigenvalue weighted by atomic mass is 10.0. The van der Waals surface area contributed by atoms with E-state index in [1.165, 1.54) is 70.6 Å². The second-order valence-electron chi connectivity index (χ2n) is 14.4. The number of hydrogen-bond acceptors (Lipinski definition) is 7. The van der Waals surface area contributed by atoms with Gasteiger partial charge in [-0.1, -0.05) is 152 Å². The van der Waals surface area contributed by atoms with Gasteiger partial charge in [-0.05, 0) is 77.0 Å². The molecule has 0 rings (SSSR count). The largest absolute Gasteiger partial charge is 0.472 e. The van der Waals surface area contributed by atoms with Crippen LogP contribution in [0.5, 0.6) is 0 Å². The molecule has 0 aliphatic rings. The van der Waals surface area contributed by atoms with Gasteiger partial charge >= 0.3 is 7.82 Å². The molecule has 0 aromatic heterocycles. The summed E-state index contributed by atoms with van der Waals surface area (Å²) in [6.07, 6.45) is 45.9. The molecule has 0 aromatic carbocycles. The van der Waals surface area contributed by atoms with Crippen LogP contribution in [0.3, 0.4) is 0 Å². The maximum absolute atomic E-state index is 12.8. The van der Waals surface area contributed by atoms with Gasteiger partial charge in [0.1, 0.15) is 0 Å². The number of carbonyl (C=O) groups excluding carboxylic acids is 1. The van der Waals surface area contributed by atoms with Gasteiger partial charge in [0.05, 0.1) is 37.9 Å². The van der Waals surface area contributed by atoms with E-state index in [1.54, 1.807) is 6.08 Å². The number of aliphatic hydroxyl groups excluding tert-OH is 2. The SMILES string of the molecule is CCCCC/C=C\C/C=C\CCCCCCCC(O)CC(=O)NC(COP(=O)(O)OCCN)C(O)/C=C/CC/C=C/CC/C=C/CCCCCCCCC. The number of aliphatic hydroxyl groups is 2. The summed E-state index contributed by atoms with van der Waals surface area (Å²) >= 11 is 0. The van der Waals surface area contributed by atoms with E-state index in [9.17, 15) is 24.5 Å². The highest BCUT2D eigenvalue weighted by Gasteiger charge is 2.27. The van der Waals surface area contributed by atoms with Crippen molar-refractivity contribution in [2.24, 2.45) is 5.73 Å². The van der Waals surface area contributed by atoms with Crippen molar-refractivity contribution in [3.8, 4) is 0 Å². The Morgan fingerprint density at radius 1 is 0.648 bits per heavy atom. The first-order valence-corrected chi connectivity index (χ1v) is 23.0. The zero-order chi connectivity index (χ0) is 39.8. The summed E-state index contributed by atoms with van der Waals surface area (Å²) in [6.45, 7) is 3.89. The highest BCUT2D eigenvalue weighted by molar-refractivity contribution is 7.47. The van der Waals surface area contributed by atoms with Crippen molar-refractivity contribution in [3.63, 3.8) is 0 Å². The van der Waals surface area contributed by atoms with Gasteiger partial charge in [0.15, 0.2) is 0 Å². The first kappa shape index (κ1) is 52.2. The van der Waals surface area contributed by atoms with Crippen molar-refractivity contribution in [1.82, 2.24) is 5.32 Å². The molecule has 0 fully saturated rings. The number of amides is 1. The van der Waals surface area contributed by atoms with Crippen LogP contribution in [-0.4, -0.2) is 59.0 Å². The Bertz CT molecular complexity index is 1050. The summed E-state index contributed by atoms with van der Waals surface area (Å²) in [6, 6.07) is -1.01. The van der Waals surface area contributed by atoms with Gasteiger partial charge in [-0.25, -0.2) is 4.57 Å². The molecule has 0 aliphatic carbocycles. The molecule has 0 saturated heterocycles. The number of unbranched alkanes of at least 4 members (excludes halogenated alkanes) is 17. The molecule has 0 bridgehead atoms. The number of phosphoric acid groups is 1. The van der Waals surface area contributed by atoms with Crippen molar-refractivity contribution in [3.05, 3.63) is 60.8 Å². The molecule has 0 saturated carbocycles. The normalized spacial score (nSPS) is 15.3. The molecule has 0 spiro atoms. The monoisotopic (exact) mass is 781 g/mol. The van der Waals surface area contributed by atoms with E-state index in [0.717, 1.165) is 70.6 Å². The number of phosphoric ester groups is 1. The molecule has 0 aromatic rings. The highest BCUT2D eigenvalue weighted by Crippen LogP contribution is 2.43. The molecule has 4 unspecified atom stereocenters. The van der Waals surface area contributed by atoms with E-state index in [2.05, 4.69) is 67.8 Å². The number of allylic oxidation sites excluding steroid dienone is 9. The van der Waals surface area contributed by atoms with E-state index in [4.69, 9.17) is 14.8 Å². The third-order valence-electron chi connectivity index (χ3n) is 9.10. The van der Waals surface area contributed by atoms with Gasteiger partial charge in [0.25, 0.3) is 0 Å². The minimum atomic E-state index is -4.42. The number of rotatable bonds is 39. The highest BCUT2D eigenvalue weighted by atomic mass is 31.2. The Morgan fingerprint density at radius 2 is 1.11 bits per heavy atom. The summed E-state index contributed by atoms with van der Waals surface area (Å²) in [5, 5.41) is 24.0. The minimum absolute atomic E-state index is 0.0382. The standard InChI is InChI=1S/C44H81N2O7P/c1-3-5-7-9-11-13-15-17-19-20-22-24-26-28-30-32-34-36-43(48)42(40-53-54(50,51)52-38-37-45)46-44(49)39-41(47)35-33-31-29-27-25-23-21-18-16-14-12-10-8-6-4-2/h12,14,18-21,26,28,34,36,41-43,47-48H,3-11,13,15-17,22-25,27,29-33,35,37-40,45H2,1-2H3,(H,46,49)(H,50,51)/b14-12-,20-19+,21-18-,28-26+,36-34+. The maximum Gasteiger partial charge on any atom is 0.472 e. The molecule has 0 aliphatic heterocycles. The van der Waals surface area contributed by atoms with Crippen molar-refractivity contribution in [2.75, 3.05) is 19.8 Å². The summed E-state index contributed by atoms with van der Waals surface area (Å²) < 4.78 is 22.0. The number of nitrogens with two attached hydrogens (primary N) is 1. The lowest BCUT2D eigenvalue weighted by Crippen LogP contribution is -2.46. The second-order valence-corrected chi connectivity index (χ2v) is 15.8. The molecule has 6 N–H and O–H groups in total. The first-order valence-electron chi connectivity index (χ1n) is 21.5. The van der Waals surface area contributed by atoms with Crippen LogP contribution >= 0.6 is 7.82 Å². The van der Waals surface area contributed by atoms with Gasteiger partial charge in [-0.3, -0.25) is 13.8 Å². The quantitative estimate of drug-likeness (QED) is 0.0235. The number of carbonyl (C=O) groups is 1. The van der Waals surface area contributed by atoms with Crippen LogP contribution < -0.4 is 11.1 Å². The van der Waals surface area contributed by atoms with Gasteiger partial charge < -0.3 is 26.2 Å². The summed E-state index contributed by atoms with van der Waals surface area (Å²) in [5.74, 6) is -0.471. The van der Waals surface area contributed by atoms with Crippen LogP contribution in [0.15, 0.2) is 60.8 Å². The zero-order valence-corrected chi connectivity index (χ0v) is 35.2. The van der Waals surface area contributed by atoms with E-state index in [1.807, 2.05) is 6.08 Å². The van der Waals surface area contributed by atoms with Gasteiger partial charge in [0, 0.05) is 6.54 Å². The third kappa shape index (κ3) is 37.1. The Hall–Kier alpha value is -1.84.